The van der Waals surface area contributed by atoms with Crippen LogP contribution >= 0.6 is 0 Å². The number of rotatable bonds is 4. The minimum atomic E-state index is -1.05. The molecule has 0 saturated heterocycles. The van der Waals surface area contributed by atoms with E-state index in [1.807, 2.05) is 0 Å². The van der Waals surface area contributed by atoms with Crippen LogP contribution in [0, 0.1) is 0 Å². The average Bonchev–Trinajstić information content (AvgIpc) is 3.03. The minimum absolute atomic E-state index is 0.0462. The fourth-order valence-electron chi connectivity index (χ4n) is 2.36. The second-order valence-corrected chi connectivity index (χ2v) is 4.80. The Bertz CT molecular complexity index is 869. The summed E-state index contributed by atoms with van der Waals surface area (Å²) in [6, 6.07) is 11.3. The van der Waals surface area contributed by atoms with E-state index in [2.05, 4.69) is 5.16 Å². The molecule has 3 aromatic rings. The lowest BCUT2D eigenvalue weighted by Gasteiger charge is -2.08. The van der Waals surface area contributed by atoms with E-state index in [0.29, 0.717) is 28.2 Å². The topological polar surface area (TPSA) is 92.8 Å². The molecule has 0 radical (unpaired) electrons. The zero-order valence-electron chi connectivity index (χ0n) is 12.2. The predicted molar refractivity (Wildman–Crippen MR) is 82.6 cm³/mol. The van der Waals surface area contributed by atoms with Crippen LogP contribution in [-0.4, -0.2) is 28.4 Å². The van der Waals surface area contributed by atoms with Crippen molar-refractivity contribution in [3.05, 3.63) is 54.2 Å². The Kier molecular flexibility index (Phi) is 3.72. The Morgan fingerprint density at radius 3 is 2.61 bits per heavy atom. The van der Waals surface area contributed by atoms with Crippen molar-refractivity contribution in [1.29, 1.82) is 0 Å². The first-order valence-corrected chi connectivity index (χ1v) is 6.76. The van der Waals surface area contributed by atoms with E-state index in [1.165, 1.54) is 25.4 Å². The SMILES string of the molecule is COc1ccc(-c2oncc2-c2ccccc2C(=O)O)c(O)c1. The number of aromatic carboxylic acids is 1. The molecule has 116 valence electrons. The molecule has 0 atom stereocenters. The molecule has 6 nitrogen and oxygen atoms in total. The monoisotopic (exact) mass is 311 g/mol. The molecular formula is C17H13NO5. The van der Waals surface area contributed by atoms with Crippen LogP contribution in [0.3, 0.4) is 0 Å². The van der Waals surface area contributed by atoms with Gasteiger partial charge < -0.3 is 19.5 Å². The maximum absolute atomic E-state index is 11.4. The summed E-state index contributed by atoms with van der Waals surface area (Å²) in [4.78, 5) is 11.4. The van der Waals surface area contributed by atoms with Gasteiger partial charge in [0.25, 0.3) is 0 Å². The molecule has 0 bridgehead atoms. The summed E-state index contributed by atoms with van der Waals surface area (Å²) in [5.41, 5.74) is 1.48. The number of aromatic hydroxyl groups is 1. The van der Waals surface area contributed by atoms with Crippen molar-refractivity contribution in [2.75, 3.05) is 7.11 Å². The molecule has 2 aromatic carbocycles. The Labute approximate surface area is 131 Å². The number of phenolic OH excluding ortho intramolecular Hbond substituents is 1. The van der Waals surface area contributed by atoms with Crippen LogP contribution in [0.5, 0.6) is 11.5 Å². The molecule has 6 heteroatoms. The fourth-order valence-corrected chi connectivity index (χ4v) is 2.36. The molecule has 0 amide bonds. The summed E-state index contributed by atoms with van der Waals surface area (Å²) in [5, 5.41) is 23.2. The number of ether oxygens (including phenoxy) is 1. The van der Waals surface area contributed by atoms with E-state index < -0.39 is 5.97 Å². The number of nitrogens with zero attached hydrogens (tertiary/aromatic N) is 1. The molecule has 0 spiro atoms. The Morgan fingerprint density at radius 2 is 1.91 bits per heavy atom. The number of hydrogen-bond donors (Lipinski definition) is 2. The van der Waals surface area contributed by atoms with E-state index in [9.17, 15) is 15.0 Å². The van der Waals surface area contributed by atoms with Crippen molar-refractivity contribution < 1.29 is 24.3 Å². The van der Waals surface area contributed by atoms with Crippen LogP contribution in [0.2, 0.25) is 0 Å². The van der Waals surface area contributed by atoms with E-state index >= 15 is 0 Å². The first-order valence-electron chi connectivity index (χ1n) is 6.76. The van der Waals surface area contributed by atoms with Crippen LogP contribution in [0.4, 0.5) is 0 Å². The van der Waals surface area contributed by atoms with E-state index in [0.717, 1.165) is 0 Å². The van der Waals surface area contributed by atoms with Gasteiger partial charge in [0.2, 0.25) is 0 Å². The van der Waals surface area contributed by atoms with Crippen LogP contribution in [-0.2, 0) is 0 Å². The summed E-state index contributed by atoms with van der Waals surface area (Å²) in [6.07, 6.45) is 1.43. The summed E-state index contributed by atoms with van der Waals surface area (Å²) in [5.74, 6) is -0.307. The van der Waals surface area contributed by atoms with Gasteiger partial charge in [0.15, 0.2) is 5.76 Å². The lowest BCUT2D eigenvalue weighted by Crippen LogP contribution is -1.99. The lowest BCUT2D eigenvalue weighted by atomic mass is 9.97. The third-order valence-corrected chi connectivity index (χ3v) is 3.47. The Balaban J connectivity index is 2.16. The zero-order valence-corrected chi connectivity index (χ0v) is 12.2. The van der Waals surface area contributed by atoms with Gasteiger partial charge in [-0.1, -0.05) is 23.4 Å². The molecule has 3 rings (SSSR count). The van der Waals surface area contributed by atoms with Crippen molar-refractivity contribution in [2.45, 2.75) is 0 Å². The molecule has 1 heterocycles. The molecule has 1 aromatic heterocycles. The standard InChI is InChI=1S/C17H13NO5/c1-22-10-6-7-13(15(19)8-10)16-14(9-18-23-16)11-4-2-3-5-12(11)17(20)21/h2-9,19H,1H3,(H,20,21). The highest BCUT2D eigenvalue weighted by Crippen LogP contribution is 2.39. The number of aromatic nitrogens is 1. The molecular weight excluding hydrogens is 298 g/mol. The maximum Gasteiger partial charge on any atom is 0.336 e. The van der Waals surface area contributed by atoms with Gasteiger partial charge in [-0.15, -0.1) is 0 Å². The van der Waals surface area contributed by atoms with Crippen molar-refractivity contribution in [3.8, 4) is 33.9 Å². The number of carboxylic acids is 1. The minimum Gasteiger partial charge on any atom is -0.507 e. The normalized spacial score (nSPS) is 10.5. The van der Waals surface area contributed by atoms with Crippen LogP contribution < -0.4 is 4.74 Å². The van der Waals surface area contributed by atoms with Gasteiger partial charge in [-0.05, 0) is 18.2 Å². The summed E-state index contributed by atoms with van der Waals surface area (Å²) in [6.45, 7) is 0. The summed E-state index contributed by atoms with van der Waals surface area (Å²) >= 11 is 0. The van der Waals surface area contributed by atoms with Crippen molar-refractivity contribution in [2.24, 2.45) is 0 Å². The van der Waals surface area contributed by atoms with Crippen LogP contribution in [0.15, 0.2) is 53.2 Å². The van der Waals surface area contributed by atoms with Crippen molar-refractivity contribution in [3.63, 3.8) is 0 Å². The summed E-state index contributed by atoms with van der Waals surface area (Å²) < 4.78 is 10.3. The highest BCUT2D eigenvalue weighted by Gasteiger charge is 2.20. The van der Waals surface area contributed by atoms with Gasteiger partial charge in [-0.25, -0.2) is 4.79 Å². The van der Waals surface area contributed by atoms with Gasteiger partial charge in [-0.3, -0.25) is 0 Å². The third-order valence-electron chi connectivity index (χ3n) is 3.47. The van der Waals surface area contributed by atoms with Crippen LogP contribution in [0.1, 0.15) is 10.4 Å². The summed E-state index contributed by atoms with van der Waals surface area (Å²) in [7, 11) is 1.50. The molecule has 2 N–H and O–H groups in total. The quantitative estimate of drug-likeness (QED) is 0.767. The Morgan fingerprint density at radius 1 is 1.13 bits per heavy atom. The zero-order chi connectivity index (χ0) is 16.4. The van der Waals surface area contributed by atoms with Crippen molar-refractivity contribution in [1.82, 2.24) is 5.16 Å². The number of benzene rings is 2. The lowest BCUT2D eigenvalue weighted by molar-refractivity contribution is 0.0697. The van der Waals surface area contributed by atoms with E-state index in [1.54, 1.807) is 30.3 Å². The van der Waals surface area contributed by atoms with Gasteiger partial charge in [0.05, 0.1) is 30.0 Å². The van der Waals surface area contributed by atoms with Crippen molar-refractivity contribution >= 4 is 5.97 Å². The number of methoxy groups -OCH3 is 1. The first-order chi connectivity index (χ1) is 11.1. The third kappa shape index (κ3) is 2.62. The number of phenols is 1. The van der Waals surface area contributed by atoms with E-state index in [-0.39, 0.29) is 11.3 Å². The second kappa shape index (κ2) is 5.84. The van der Waals surface area contributed by atoms with Gasteiger partial charge in [0.1, 0.15) is 11.5 Å². The largest absolute Gasteiger partial charge is 0.507 e. The Hall–Kier alpha value is -3.28. The molecule has 0 saturated carbocycles. The number of carbonyl (C=O) groups is 1. The van der Waals surface area contributed by atoms with Gasteiger partial charge >= 0.3 is 5.97 Å². The second-order valence-electron chi connectivity index (χ2n) is 4.80. The molecule has 0 aliphatic rings. The molecule has 23 heavy (non-hydrogen) atoms. The molecule has 0 aliphatic heterocycles. The number of hydrogen-bond acceptors (Lipinski definition) is 5. The number of carboxylic acid groups (broad SMARTS) is 1. The smallest absolute Gasteiger partial charge is 0.336 e. The first kappa shape index (κ1) is 14.6. The van der Waals surface area contributed by atoms with Gasteiger partial charge in [-0.2, -0.15) is 0 Å². The average molecular weight is 311 g/mol. The maximum atomic E-state index is 11.4. The van der Waals surface area contributed by atoms with E-state index in [4.69, 9.17) is 9.26 Å². The highest BCUT2D eigenvalue weighted by atomic mass is 16.5. The molecule has 0 fully saturated rings. The van der Waals surface area contributed by atoms with Gasteiger partial charge in [0, 0.05) is 11.6 Å². The molecule has 0 unspecified atom stereocenters. The van der Waals surface area contributed by atoms with Crippen LogP contribution in [0.25, 0.3) is 22.5 Å². The molecule has 0 aliphatic carbocycles. The highest BCUT2D eigenvalue weighted by molar-refractivity contribution is 5.98. The fraction of sp³-hybridized carbons (Fsp3) is 0.0588. The predicted octanol–water partition coefficient (Wildman–Crippen LogP) is 3.42.